The molecule has 2 rings (SSSR count). The number of hydrogen-bond donors (Lipinski definition) is 2. The van der Waals surface area contributed by atoms with Gasteiger partial charge in [0, 0.05) is 26.4 Å². The zero-order chi connectivity index (χ0) is 13.0. The van der Waals surface area contributed by atoms with Crippen molar-refractivity contribution in [3.05, 3.63) is 0 Å². The lowest BCUT2D eigenvalue weighted by molar-refractivity contribution is -0.125. The number of nitrogens with two attached hydrogens (primary N) is 1. The van der Waals surface area contributed by atoms with E-state index in [1.165, 1.54) is 0 Å². The average molecular weight is 293 g/mol. The third kappa shape index (κ3) is 4.60. The van der Waals surface area contributed by atoms with Gasteiger partial charge >= 0.3 is 0 Å². The van der Waals surface area contributed by atoms with Gasteiger partial charge in [0.15, 0.2) is 0 Å². The molecule has 0 spiro atoms. The van der Waals surface area contributed by atoms with Crippen molar-refractivity contribution >= 4 is 18.3 Å². The molecule has 0 aromatic heterocycles. The number of rotatable bonds is 4. The monoisotopic (exact) mass is 292 g/mol. The van der Waals surface area contributed by atoms with E-state index in [1.807, 2.05) is 6.92 Å². The molecule has 2 unspecified atom stereocenters. The number of halogens is 1. The van der Waals surface area contributed by atoms with Crippen LogP contribution in [0.5, 0.6) is 0 Å². The van der Waals surface area contributed by atoms with Crippen molar-refractivity contribution in [3.63, 3.8) is 0 Å². The van der Waals surface area contributed by atoms with Gasteiger partial charge in [0.25, 0.3) is 0 Å². The summed E-state index contributed by atoms with van der Waals surface area (Å²) in [5.74, 6) is 0.190. The Morgan fingerprint density at radius 1 is 1.42 bits per heavy atom. The van der Waals surface area contributed by atoms with Crippen LogP contribution in [0.2, 0.25) is 0 Å². The maximum absolute atomic E-state index is 12.0. The molecule has 2 atom stereocenters. The Kier molecular flexibility index (Phi) is 6.53. The van der Waals surface area contributed by atoms with E-state index in [2.05, 4.69) is 5.32 Å². The molecule has 0 bridgehead atoms. The molecule has 2 aliphatic rings. The molecule has 19 heavy (non-hydrogen) atoms. The first kappa shape index (κ1) is 16.7. The highest BCUT2D eigenvalue weighted by atomic mass is 35.5. The first-order valence-electron chi connectivity index (χ1n) is 6.86. The van der Waals surface area contributed by atoms with Crippen molar-refractivity contribution < 1.29 is 14.3 Å². The molecule has 3 N–H and O–H groups in total. The van der Waals surface area contributed by atoms with E-state index in [4.69, 9.17) is 15.2 Å². The van der Waals surface area contributed by atoms with Crippen LogP contribution in [0.25, 0.3) is 0 Å². The van der Waals surface area contributed by atoms with Gasteiger partial charge in [0.2, 0.25) is 5.91 Å². The highest BCUT2D eigenvalue weighted by Gasteiger charge is 2.32. The van der Waals surface area contributed by atoms with Gasteiger partial charge in [0.1, 0.15) is 0 Å². The van der Waals surface area contributed by atoms with Crippen molar-refractivity contribution in [1.29, 1.82) is 0 Å². The predicted molar refractivity (Wildman–Crippen MR) is 75.4 cm³/mol. The molecule has 112 valence electrons. The number of amides is 1. The van der Waals surface area contributed by atoms with Gasteiger partial charge in [-0.25, -0.2) is 0 Å². The third-order valence-electron chi connectivity index (χ3n) is 4.01. The van der Waals surface area contributed by atoms with E-state index in [0.29, 0.717) is 19.8 Å². The Hall–Kier alpha value is -0.360. The lowest BCUT2D eigenvalue weighted by atomic mass is 9.91. The summed E-state index contributed by atoms with van der Waals surface area (Å²) in [7, 11) is 0. The lowest BCUT2D eigenvalue weighted by Crippen LogP contribution is -2.50. The van der Waals surface area contributed by atoms with Crippen LogP contribution in [0.1, 0.15) is 32.6 Å². The van der Waals surface area contributed by atoms with Crippen LogP contribution >= 0.6 is 12.4 Å². The quantitative estimate of drug-likeness (QED) is 0.805. The summed E-state index contributed by atoms with van der Waals surface area (Å²) in [5, 5.41) is 2.93. The maximum atomic E-state index is 12.0. The Balaban J connectivity index is 0.00000180. The fraction of sp³-hybridized carbons (Fsp3) is 0.923. The fourth-order valence-corrected chi connectivity index (χ4v) is 2.66. The molecule has 6 heteroatoms. The van der Waals surface area contributed by atoms with Crippen LogP contribution < -0.4 is 11.1 Å². The Labute approximate surface area is 121 Å². The van der Waals surface area contributed by atoms with Crippen LogP contribution in [0, 0.1) is 5.92 Å². The average Bonchev–Trinajstić information content (AvgIpc) is 2.83. The lowest BCUT2D eigenvalue weighted by Gasteiger charge is -2.29. The van der Waals surface area contributed by atoms with Crippen molar-refractivity contribution in [2.75, 3.05) is 26.4 Å². The minimum Gasteiger partial charge on any atom is -0.381 e. The van der Waals surface area contributed by atoms with Gasteiger partial charge in [-0.2, -0.15) is 0 Å². The summed E-state index contributed by atoms with van der Waals surface area (Å²) in [4.78, 5) is 12.0. The summed E-state index contributed by atoms with van der Waals surface area (Å²) >= 11 is 0. The molecule has 0 saturated carbocycles. The normalized spacial score (nSPS) is 29.6. The van der Waals surface area contributed by atoms with Gasteiger partial charge in [-0.1, -0.05) is 0 Å². The van der Waals surface area contributed by atoms with Crippen molar-refractivity contribution in [2.45, 2.75) is 44.2 Å². The number of carbonyl (C=O) groups excluding carboxylic acids is 1. The minimum absolute atomic E-state index is 0. The topological polar surface area (TPSA) is 73.6 Å². The fourth-order valence-electron chi connectivity index (χ4n) is 2.66. The molecule has 2 heterocycles. The van der Waals surface area contributed by atoms with Gasteiger partial charge in [-0.05, 0) is 38.5 Å². The van der Waals surface area contributed by atoms with E-state index < -0.39 is 6.04 Å². The summed E-state index contributed by atoms with van der Waals surface area (Å²) in [6, 6.07) is -0.418. The van der Waals surface area contributed by atoms with Crippen LogP contribution in [-0.2, 0) is 14.3 Å². The second kappa shape index (κ2) is 7.43. The van der Waals surface area contributed by atoms with Crippen LogP contribution in [0.3, 0.4) is 0 Å². The maximum Gasteiger partial charge on any atom is 0.237 e. The van der Waals surface area contributed by atoms with Crippen LogP contribution in [-0.4, -0.2) is 43.9 Å². The van der Waals surface area contributed by atoms with E-state index in [9.17, 15) is 4.79 Å². The summed E-state index contributed by atoms with van der Waals surface area (Å²) in [5.41, 5.74) is 5.81. The minimum atomic E-state index is -0.418. The molecule has 5 nitrogen and oxygen atoms in total. The molecular formula is C13H25ClN2O3. The molecule has 0 aromatic rings. The number of ether oxygens (including phenoxy) is 2. The zero-order valence-electron chi connectivity index (χ0n) is 11.5. The largest absolute Gasteiger partial charge is 0.381 e. The molecule has 0 radical (unpaired) electrons. The SMILES string of the molecule is CC1(CNC(=O)C(N)C2CCOCC2)CCCO1.Cl. The number of hydrogen-bond acceptors (Lipinski definition) is 4. The molecular weight excluding hydrogens is 268 g/mol. The van der Waals surface area contributed by atoms with Crippen LogP contribution in [0.4, 0.5) is 0 Å². The second-order valence-electron chi connectivity index (χ2n) is 5.60. The van der Waals surface area contributed by atoms with Gasteiger partial charge in [0.05, 0.1) is 11.6 Å². The molecule has 1 amide bonds. The van der Waals surface area contributed by atoms with E-state index >= 15 is 0 Å². The predicted octanol–water partition coefficient (Wildman–Crippen LogP) is 0.847. The van der Waals surface area contributed by atoms with Crippen molar-refractivity contribution in [2.24, 2.45) is 11.7 Å². The summed E-state index contributed by atoms with van der Waals surface area (Å²) in [6.45, 7) is 4.82. The van der Waals surface area contributed by atoms with E-state index in [-0.39, 0.29) is 29.8 Å². The summed E-state index contributed by atoms with van der Waals surface area (Å²) in [6.07, 6.45) is 3.82. The first-order valence-corrected chi connectivity index (χ1v) is 6.86. The smallest absolute Gasteiger partial charge is 0.237 e. The Bertz CT molecular complexity index is 290. The van der Waals surface area contributed by atoms with E-state index in [1.54, 1.807) is 0 Å². The van der Waals surface area contributed by atoms with Gasteiger partial charge < -0.3 is 20.5 Å². The molecule has 0 aliphatic carbocycles. The molecule has 2 fully saturated rings. The zero-order valence-corrected chi connectivity index (χ0v) is 12.3. The summed E-state index contributed by atoms with van der Waals surface area (Å²) < 4.78 is 10.9. The first-order chi connectivity index (χ1) is 8.61. The van der Waals surface area contributed by atoms with E-state index in [0.717, 1.165) is 32.3 Å². The highest BCUT2D eigenvalue weighted by Crippen LogP contribution is 2.24. The van der Waals surface area contributed by atoms with Crippen molar-refractivity contribution in [3.8, 4) is 0 Å². The molecule has 2 saturated heterocycles. The number of carbonyl (C=O) groups is 1. The van der Waals surface area contributed by atoms with Gasteiger partial charge in [-0.15, -0.1) is 12.4 Å². The second-order valence-corrected chi connectivity index (χ2v) is 5.60. The standard InChI is InChI=1S/C13H24N2O3.ClH/c1-13(5-2-6-18-13)9-15-12(16)11(14)10-3-7-17-8-4-10;/h10-11H,2-9,14H2,1H3,(H,15,16);1H. The Morgan fingerprint density at radius 2 is 2.11 bits per heavy atom. The van der Waals surface area contributed by atoms with Crippen molar-refractivity contribution in [1.82, 2.24) is 5.32 Å². The molecule has 0 aromatic carbocycles. The van der Waals surface area contributed by atoms with Crippen LogP contribution in [0.15, 0.2) is 0 Å². The third-order valence-corrected chi connectivity index (χ3v) is 4.01. The van der Waals surface area contributed by atoms with Gasteiger partial charge in [-0.3, -0.25) is 4.79 Å². The highest BCUT2D eigenvalue weighted by molar-refractivity contribution is 5.85. The number of nitrogens with one attached hydrogen (secondary N) is 1. The Morgan fingerprint density at radius 3 is 2.68 bits per heavy atom. The molecule has 2 aliphatic heterocycles.